The maximum atomic E-state index is 6.30. The summed E-state index contributed by atoms with van der Waals surface area (Å²) in [7, 11) is 0. The molecule has 0 aliphatic carbocycles. The van der Waals surface area contributed by atoms with Crippen molar-refractivity contribution in [1.29, 1.82) is 0 Å². The minimum atomic E-state index is -0.0256. The number of hydrogen-bond acceptors (Lipinski definition) is 2. The molecule has 2 aromatic rings. The van der Waals surface area contributed by atoms with Gasteiger partial charge < -0.3 is 5.32 Å². The second kappa shape index (κ2) is 6.47. The number of aryl methyl sites for hydroxylation is 1. The van der Waals surface area contributed by atoms with E-state index in [0.717, 1.165) is 26.9 Å². The molecule has 19 heavy (non-hydrogen) atoms. The van der Waals surface area contributed by atoms with Crippen molar-refractivity contribution in [3.63, 3.8) is 0 Å². The predicted octanol–water partition coefficient (Wildman–Crippen LogP) is 5.72. The summed E-state index contributed by atoms with van der Waals surface area (Å²) >= 11 is 20.3. The molecular weight excluding hydrogens is 321 g/mol. The summed E-state index contributed by atoms with van der Waals surface area (Å²) in [6.45, 7) is 4.88. The molecule has 0 spiro atoms. The summed E-state index contributed by atoms with van der Waals surface area (Å²) in [5.74, 6) is 0. The Kier molecular flexibility index (Phi) is 5.15. The van der Waals surface area contributed by atoms with E-state index in [9.17, 15) is 0 Å². The number of hydrogen-bond donors (Lipinski definition) is 1. The average Bonchev–Trinajstić information content (AvgIpc) is 2.68. The summed E-state index contributed by atoms with van der Waals surface area (Å²) in [4.78, 5) is 1.12. The van der Waals surface area contributed by atoms with Crippen LogP contribution < -0.4 is 5.32 Å². The van der Waals surface area contributed by atoms with Gasteiger partial charge in [0.1, 0.15) is 0 Å². The normalized spacial score (nSPS) is 12.7. The molecule has 1 aromatic carbocycles. The van der Waals surface area contributed by atoms with Crippen LogP contribution in [-0.4, -0.2) is 6.54 Å². The Labute approximate surface area is 132 Å². The van der Waals surface area contributed by atoms with Gasteiger partial charge >= 0.3 is 0 Å². The molecule has 0 radical (unpaired) electrons. The van der Waals surface area contributed by atoms with Gasteiger partial charge in [0.2, 0.25) is 0 Å². The Hall–Kier alpha value is -0.250. The van der Waals surface area contributed by atoms with E-state index < -0.39 is 0 Å². The molecule has 1 N–H and O–H groups in total. The lowest BCUT2D eigenvalue weighted by Gasteiger charge is -2.19. The highest BCUT2D eigenvalue weighted by molar-refractivity contribution is 7.16. The fourth-order valence-electron chi connectivity index (χ4n) is 1.96. The number of benzene rings is 1. The summed E-state index contributed by atoms with van der Waals surface area (Å²) < 4.78 is 0.807. The van der Waals surface area contributed by atoms with Gasteiger partial charge in [-0.1, -0.05) is 47.8 Å². The second-order valence-corrected chi connectivity index (χ2v) is 6.73. The Bertz CT molecular complexity index is 540. The Balaban J connectivity index is 2.51. The zero-order chi connectivity index (χ0) is 14.0. The standard InChI is InChI=1S/C14H14Cl3NS/c1-3-18-13(11-7-8(2)14(17)19-11)12-9(15)5-4-6-10(12)16/h4-7,13,18H,3H2,1-2H3. The van der Waals surface area contributed by atoms with E-state index in [0.29, 0.717) is 10.0 Å². The number of nitrogens with one attached hydrogen (secondary N) is 1. The maximum Gasteiger partial charge on any atom is 0.0961 e. The topological polar surface area (TPSA) is 12.0 Å². The van der Waals surface area contributed by atoms with Crippen LogP contribution >= 0.6 is 46.1 Å². The molecule has 1 heterocycles. The van der Waals surface area contributed by atoms with Gasteiger partial charge in [0.05, 0.1) is 10.4 Å². The Morgan fingerprint density at radius 1 is 1.21 bits per heavy atom. The predicted molar refractivity (Wildman–Crippen MR) is 86.0 cm³/mol. The molecule has 1 unspecified atom stereocenters. The van der Waals surface area contributed by atoms with Gasteiger partial charge in [0, 0.05) is 20.5 Å². The fraction of sp³-hybridized carbons (Fsp3) is 0.286. The first-order valence-electron chi connectivity index (χ1n) is 5.97. The van der Waals surface area contributed by atoms with E-state index >= 15 is 0 Å². The van der Waals surface area contributed by atoms with E-state index in [1.54, 1.807) is 11.3 Å². The van der Waals surface area contributed by atoms with Crippen molar-refractivity contribution in [1.82, 2.24) is 5.32 Å². The van der Waals surface area contributed by atoms with Crippen LogP contribution in [0.1, 0.15) is 29.0 Å². The first-order valence-corrected chi connectivity index (χ1v) is 7.92. The maximum absolute atomic E-state index is 6.30. The zero-order valence-corrected chi connectivity index (χ0v) is 13.7. The highest BCUT2D eigenvalue weighted by Gasteiger charge is 2.21. The van der Waals surface area contributed by atoms with Crippen LogP contribution in [0.4, 0.5) is 0 Å². The molecule has 0 saturated carbocycles. The van der Waals surface area contributed by atoms with Crippen molar-refractivity contribution < 1.29 is 0 Å². The molecule has 1 atom stereocenters. The van der Waals surface area contributed by atoms with Crippen molar-refractivity contribution in [2.45, 2.75) is 19.9 Å². The second-order valence-electron chi connectivity index (χ2n) is 4.23. The molecule has 0 amide bonds. The highest BCUT2D eigenvalue weighted by atomic mass is 35.5. The number of halogens is 3. The summed E-state index contributed by atoms with van der Waals surface area (Å²) in [6.07, 6.45) is 0. The Morgan fingerprint density at radius 3 is 2.32 bits per heavy atom. The number of rotatable bonds is 4. The summed E-state index contributed by atoms with van der Waals surface area (Å²) in [5, 5.41) is 4.75. The molecule has 5 heteroatoms. The summed E-state index contributed by atoms with van der Waals surface area (Å²) in [5.41, 5.74) is 1.98. The first-order chi connectivity index (χ1) is 9.04. The van der Waals surface area contributed by atoms with E-state index in [4.69, 9.17) is 34.8 Å². The third-order valence-electron chi connectivity index (χ3n) is 2.86. The molecule has 0 saturated heterocycles. The minimum absolute atomic E-state index is 0.0256. The van der Waals surface area contributed by atoms with Crippen LogP contribution in [0.3, 0.4) is 0 Å². The van der Waals surface area contributed by atoms with E-state index in [-0.39, 0.29) is 6.04 Å². The largest absolute Gasteiger partial charge is 0.306 e. The third kappa shape index (κ3) is 3.26. The first kappa shape index (κ1) is 15.1. The molecule has 0 aliphatic rings. The van der Waals surface area contributed by atoms with Crippen molar-refractivity contribution in [2.24, 2.45) is 0 Å². The zero-order valence-electron chi connectivity index (χ0n) is 10.6. The SMILES string of the molecule is CCNC(c1cc(C)c(Cl)s1)c1c(Cl)cccc1Cl. The molecule has 102 valence electrons. The van der Waals surface area contributed by atoms with Gasteiger partial charge in [-0.15, -0.1) is 11.3 Å². The molecule has 0 fully saturated rings. The van der Waals surface area contributed by atoms with Crippen LogP contribution in [0.25, 0.3) is 0 Å². The van der Waals surface area contributed by atoms with Crippen molar-refractivity contribution in [3.05, 3.63) is 54.7 Å². The van der Waals surface area contributed by atoms with Crippen LogP contribution in [0.2, 0.25) is 14.4 Å². The molecule has 2 rings (SSSR count). The van der Waals surface area contributed by atoms with Gasteiger partial charge in [-0.3, -0.25) is 0 Å². The molecule has 0 bridgehead atoms. The highest BCUT2D eigenvalue weighted by Crippen LogP contribution is 2.39. The van der Waals surface area contributed by atoms with Crippen LogP contribution in [0.15, 0.2) is 24.3 Å². The summed E-state index contributed by atoms with van der Waals surface area (Å²) in [6, 6.07) is 7.62. The lowest BCUT2D eigenvalue weighted by atomic mass is 10.0. The lowest BCUT2D eigenvalue weighted by molar-refractivity contribution is 0.640. The monoisotopic (exact) mass is 333 g/mol. The van der Waals surface area contributed by atoms with Gasteiger partial charge in [0.15, 0.2) is 0 Å². The van der Waals surface area contributed by atoms with Crippen molar-refractivity contribution in [3.8, 4) is 0 Å². The van der Waals surface area contributed by atoms with E-state index in [1.807, 2.05) is 25.1 Å². The van der Waals surface area contributed by atoms with Gasteiger partial charge in [-0.2, -0.15) is 0 Å². The molecule has 1 aromatic heterocycles. The quantitative estimate of drug-likeness (QED) is 0.754. The van der Waals surface area contributed by atoms with Crippen LogP contribution in [-0.2, 0) is 0 Å². The van der Waals surface area contributed by atoms with Crippen molar-refractivity contribution >= 4 is 46.1 Å². The average molecular weight is 335 g/mol. The third-order valence-corrected chi connectivity index (χ3v) is 5.14. The van der Waals surface area contributed by atoms with E-state index in [1.165, 1.54) is 0 Å². The van der Waals surface area contributed by atoms with Crippen LogP contribution in [0.5, 0.6) is 0 Å². The van der Waals surface area contributed by atoms with E-state index in [2.05, 4.69) is 18.3 Å². The Morgan fingerprint density at radius 2 is 1.84 bits per heavy atom. The molecule has 0 aliphatic heterocycles. The minimum Gasteiger partial charge on any atom is -0.306 e. The van der Waals surface area contributed by atoms with Gasteiger partial charge in [0.25, 0.3) is 0 Å². The van der Waals surface area contributed by atoms with Crippen LogP contribution in [0, 0.1) is 6.92 Å². The number of thiophene rings is 1. The lowest BCUT2D eigenvalue weighted by Crippen LogP contribution is -2.21. The molecule has 1 nitrogen and oxygen atoms in total. The fourth-order valence-corrected chi connectivity index (χ4v) is 3.88. The molecular formula is C14H14Cl3NS. The van der Waals surface area contributed by atoms with Gasteiger partial charge in [-0.25, -0.2) is 0 Å². The van der Waals surface area contributed by atoms with Crippen molar-refractivity contribution in [2.75, 3.05) is 6.54 Å². The van der Waals surface area contributed by atoms with Gasteiger partial charge in [-0.05, 0) is 37.2 Å². The smallest absolute Gasteiger partial charge is 0.0961 e.